The molecule has 2 rings (SSSR count). The van der Waals surface area contributed by atoms with E-state index in [4.69, 9.17) is 9.47 Å². The summed E-state index contributed by atoms with van der Waals surface area (Å²) in [5, 5.41) is 5.64. The van der Waals surface area contributed by atoms with Gasteiger partial charge in [0.15, 0.2) is 0 Å². The van der Waals surface area contributed by atoms with Crippen molar-refractivity contribution >= 4 is 23.2 Å². The van der Waals surface area contributed by atoms with Crippen molar-refractivity contribution in [1.82, 2.24) is 0 Å². The van der Waals surface area contributed by atoms with E-state index in [0.717, 1.165) is 6.42 Å². The molecule has 0 spiro atoms. The Morgan fingerprint density at radius 1 is 0.852 bits per heavy atom. The number of carbonyl (C=O) groups excluding carboxylic acids is 2. The first-order valence-corrected chi connectivity index (χ1v) is 9.14. The molecule has 0 fully saturated rings. The summed E-state index contributed by atoms with van der Waals surface area (Å²) >= 11 is 0. The lowest BCUT2D eigenvalue weighted by Gasteiger charge is -2.09. The third kappa shape index (κ3) is 7.11. The van der Waals surface area contributed by atoms with E-state index in [9.17, 15) is 9.59 Å². The molecular formula is C21H26N2O4. The average molecular weight is 370 g/mol. The van der Waals surface area contributed by atoms with E-state index in [-0.39, 0.29) is 11.8 Å². The molecule has 27 heavy (non-hydrogen) atoms. The summed E-state index contributed by atoms with van der Waals surface area (Å²) in [4.78, 5) is 23.9. The molecule has 6 nitrogen and oxygen atoms in total. The van der Waals surface area contributed by atoms with Crippen LogP contribution in [0.3, 0.4) is 0 Å². The average Bonchev–Trinajstić information content (AvgIpc) is 2.67. The number of carbonyl (C=O) groups is 2. The standard InChI is InChI=1S/C21H26N2O4/c1-3-5-20(24)22-17-8-10-18(11-9-17)23-21(25)16-6-12-19(13-7-16)27-15-14-26-4-2/h6-13H,3-5,14-15H2,1-2H3,(H,22,24)(H,23,25). The van der Waals surface area contributed by atoms with Crippen molar-refractivity contribution in [2.75, 3.05) is 30.5 Å². The normalized spacial score (nSPS) is 10.3. The van der Waals surface area contributed by atoms with Gasteiger partial charge in [0.1, 0.15) is 12.4 Å². The number of hydrogen-bond donors (Lipinski definition) is 2. The smallest absolute Gasteiger partial charge is 0.255 e. The first kappa shape index (κ1) is 20.5. The van der Waals surface area contributed by atoms with Gasteiger partial charge in [-0.1, -0.05) is 6.92 Å². The number of hydrogen-bond acceptors (Lipinski definition) is 4. The molecular weight excluding hydrogens is 344 g/mol. The monoisotopic (exact) mass is 370 g/mol. The molecule has 0 atom stereocenters. The van der Waals surface area contributed by atoms with Crippen LogP contribution < -0.4 is 15.4 Å². The molecule has 0 bridgehead atoms. The van der Waals surface area contributed by atoms with Crippen LogP contribution in [-0.2, 0) is 9.53 Å². The van der Waals surface area contributed by atoms with Crippen LogP contribution in [0.25, 0.3) is 0 Å². The Hall–Kier alpha value is -2.86. The van der Waals surface area contributed by atoms with Crippen LogP contribution in [0.2, 0.25) is 0 Å². The molecule has 144 valence electrons. The van der Waals surface area contributed by atoms with Gasteiger partial charge in [-0.25, -0.2) is 0 Å². The fraction of sp³-hybridized carbons (Fsp3) is 0.333. The molecule has 0 aliphatic heterocycles. The topological polar surface area (TPSA) is 76.7 Å². The summed E-state index contributed by atoms with van der Waals surface area (Å²) in [5.41, 5.74) is 1.90. The molecule has 0 unspecified atom stereocenters. The van der Waals surface area contributed by atoms with Gasteiger partial charge in [-0.15, -0.1) is 0 Å². The van der Waals surface area contributed by atoms with Crippen LogP contribution in [0.1, 0.15) is 37.0 Å². The Bertz CT molecular complexity index is 727. The van der Waals surface area contributed by atoms with E-state index >= 15 is 0 Å². The minimum Gasteiger partial charge on any atom is -0.491 e. The Morgan fingerprint density at radius 3 is 2.07 bits per heavy atom. The third-order valence-corrected chi connectivity index (χ3v) is 3.72. The Balaban J connectivity index is 1.86. The second-order valence-corrected chi connectivity index (χ2v) is 5.90. The van der Waals surface area contributed by atoms with Gasteiger partial charge in [-0.05, 0) is 61.9 Å². The molecule has 2 aromatic rings. The van der Waals surface area contributed by atoms with E-state index in [1.54, 1.807) is 48.5 Å². The fourth-order valence-corrected chi connectivity index (χ4v) is 2.36. The highest BCUT2D eigenvalue weighted by atomic mass is 16.5. The summed E-state index contributed by atoms with van der Waals surface area (Å²) in [6, 6.07) is 14.0. The summed E-state index contributed by atoms with van der Waals surface area (Å²) in [6.07, 6.45) is 1.29. The maximum atomic E-state index is 12.3. The Kier molecular flexibility index (Phi) is 8.32. The van der Waals surface area contributed by atoms with Crippen LogP contribution in [0, 0.1) is 0 Å². The molecule has 2 aromatic carbocycles. The van der Waals surface area contributed by atoms with Crippen molar-refractivity contribution in [3.8, 4) is 5.75 Å². The number of amides is 2. The van der Waals surface area contributed by atoms with Gasteiger partial charge < -0.3 is 20.1 Å². The highest BCUT2D eigenvalue weighted by Gasteiger charge is 2.07. The number of nitrogens with one attached hydrogen (secondary N) is 2. The predicted octanol–water partition coefficient (Wildman–Crippen LogP) is 4.09. The summed E-state index contributed by atoms with van der Waals surface area (Å²) < 4.78 is 10.7. The van der Waals surface area contributed by atoms with Crippen LogP contribution in [0.4, 0.5) is 11.4 Å². The molecule has 0 aliphatic carbocycles. The summed E-state index contributed by atoms with van der Waals surface area (Å²) in [6.45, 7) is 5.56. The van der Waals surface area contributed by atoms with E-state index in [1.165, 1.54) is 0 Å². The highest BCUT2D eigenvalue weighted by molar-refractivity contribution is 6.04. The predicted molar refractivity (Wildman–Crippen MR) is 106 cm³/mol. The first-order valence-electron chi connectivity index (χ1n) is 9.14. The summed E-state index contributed by atoms with van der Waals surface area (Å²) in [7, 11) is 0. The Morgan fingerprint density at radius 2 is 1.48 bits per heavy atom. The molecule has 6 heteroatoms. The molecule has 0 aliphatic rings. The highest BCUT2D eigenvalue weighted by Crippen LogP contribution is 2.17. The molecule has 0 aromatic heterocycles. The van der Waals surface area contributed by atoms with Crippen LogP contribution in [-0.4, -0.2) is 31.6 Å². The number of rotatable bonds is 10. The molecule has 0 radical (unpaired) electrons. The van der Waals surface area contributed by atoms with Gasteiger partial charge in [0.2, 0.25) is 5.91 Å². The zero-order valence-electron chi connectivity index (χ0n) is 15.8. The molecule has 2 N–H and O–H groups in total. The molecule has 0 saturated carbocycles. The largest absolute Gasteiger partial charge is 0.491 e. The van der Waals surface area contributed by atoms with Gasteiger partial charge in [-0.3, -0.25) is 9.59 Å². The lowest BCUT2D eigenvalue weighted by Crippen LogP contribution is -2.13. The number of ether oxygens (including phenoxy) is 2. The maximum Gasteiger partial charge on any atom is 0.255 e. The lowest BCUT2D eigenvalue weighted by atomic mass is 10.2. The fourth-order valence-electron chi connectivity index (χ4n) is 2.36. The number of benzene rings is 2. The van der Waals surface area contributed by atoms with Crippen LogP contribution in [0.5, 0.6) is 5.75 Å². The maximum absolute atomic E-state index is 12.3. The SMILES string of the molecule is CCCC(=O)Nc1ccc(NC(=O)c2ccc(OCCOCC)cc2)cc1. The van der Waals surface area contributed by atoms with Gasteiger partial charge in [0, 0.05) is 30.0 Å². The van der Waals surface area contributed by atoms with Crippen molar-refractivity contribution in [1.29, 1.82) is 0 Å². The third-order valence-electron chi connectivity index (χ3n) is 3.72. The minimum absolute atomic E-state index is 0.0159. The number of anilines is 2. The second-order valence-electron chi connectivity index (χ2n) is 5.90. The van der Waals surface area contributed by atoms with Gasteiger partial charge in [-0.2, -0.15) is 0 Å². The Labute approximate surface area is 159 Å². The second kappa shape index (κ2) is 11.0. The van der Waals surface area contributed by atoms with Gasteiger partial charge >= 0.3 is 0 Å². The van der Waals surface area contributed by atoms with Crippen molar-refractivity contribution in [2.24, 2.45) is 0 Å². The molecule has 0 heterocycles. The van der Waals surface area contributed by atoms with Crippen LogP contribution >= 0.6 is 0 Å². The summed E-state index contributed by atoms with van der Waals surface area (Å²) in [5.74, 6) is 0.468. The van der Waals surface area contributed by atoms with Crippen molar-refractivity contribution < 1.29 is 19.1 Å². The van der Waals surface area contributed by atoms with Gasteiger partial charge in [0.05, 0.1) is 6.61 Å². The molecule has 2 amide bonds. The van der Waals surface area contributed by atoms with E-state index < -0.39 is 0 Å². The van der Waals surface area contributed by atoms with Crippen molar-refractivity contribution in [3.63, 3.8) is 0 Å². The van der Waals surface area contributed by atoms with Crippen molar-refractivity contribution in [3.05, 3.63) is 54.1 Å². The van der Waals surface area contributed by atoms with Crippen molar-refractivity contribution in [2.45, 2.75) is 26.7 Å². The van der Waals surface area contributed by atoms with Crippen LogP contribution in [0.15, 0.2) is 48.5 Å². The van der Waals surface area contributed by atoms with Gasteiger partial charge in [0.25, 0.3) is 5.91 Å². The first-order chi connectivity index (χ1) is 13.1. The minimum atomic E-state index is -0.210. The van der Waals surface area contributed by atoms with E-state index in [2.05, 4.69) is 10.6 Å². The quantitative estimate of drug-likeness (QED) is 0.618. The van der Waals surface area contributed by atoms with E-state index in [1.807, 2.05) is 13.8 Å². The van der Waals surface area contributed by atoms with E-state index in [0.29, 0.717) is 48.9 Å². The zero-order chi connectivity index (χ0) is 19.5. The lowest BCUT2D eigenvalue weighted by molar-refractivity contribution is -0.116. The molecule has 0 saturated heterocycles. The zero-order valence-corrected chi connectivity index (χ0v) is 15.8.